The molecule has 1 heterocycles. The molecule has 0 bridgehead atoms. The molecule has 0 aromatic heterocycles. The lowest BCUT2D eigenvalue weighted by Gasteiger charge is -2.24. The number of likely N-dealkylation sites (tertiary alicyclic amines) is 1. The van der Waals surface area contributed by atoms with Gasteiger partial charge in [-0.25, -0.2) is 0 Å². The van der Waals surface area contributed by atoms with E-state index >= 15 is 0 Å². The average molecular weight is 259 g/mol. The molecule has 3 heteroatoms. The molecule has 3 nitrogen and oxygen atoms in total. The number of benzene rings is 1. The summed E-state index contributed by atoms with van der Waals surface area (Å²) in [6, 6.07) is 8.01. The molecule has 2 aliphatic rings. The number of rotatable bonds is 3. The first kappa shape index (κ1) is 12.7. The Hall–Kier alpha value is -1.35. The molecule has 3 atom stereocenters. The average Bonchev–Trinajstić information content (AvgIpc) is 2.91. The SMILES string of the molecule is Cc1ccccc1CN1CC2CCCC2C1C(=O)O. The molecule has 3 unspecified atom stereocenters. The Morgan fingerprint density at radius 1 is 1.37 bits per heavy atom. The second-order valence-corrected chi connectivity index (χ2v) is 5.99. The van der Waals surface area contributed by atoms with Gasteiger partial charge in [0.05, 0.1) is 0 Å². The third-order valence-electron chi connectivity index (χ3n) is 4.87. The smallest absolute Gasteiger partial charge is 0.321 e. The molecule has 1 saturated heterocycles. The number of nitrogens with zero attached hydrogens (tertiary/aromatic N) is 1. The Morgan fingerprint density at radius 3 is 2.89 bits per heavy atom. The summed E-state index contributed by atoms with van der Waals surface area (Å²) in [5.74, 6) is 0.342. The van der Waals surface area contributed by atoms with Crippen molar-refractivity contribution < 1.29 is 9.90 Å². The summed E-state index contributed by atoms with van der Waals surface area (Å²) in [5.41, 5.74) is 2.51. The van der Waals surface area contributed by atoms with Gasteiger partial charge in [-0.1, -0.05) is 30.7 Å². The third kappa shape index (κ3) is 2.27. The van der Waals surface area contributed by atoms with Gasteiger partial charge < -0.3 is 5.11 Å². The molecule has 0 spiro atoms. The van der Waals surface area contributed by atoms with Crippen molar-refractivity contribution in [3.63, 3.8) is 0 Å². The van der Waals surface area contributed by atoms with E-state index in [9.17, 15) is 9.90 Å². The van der Waals surface area contributed by atoms with Gasteiger partial charge in [0, 0.05) is 13.1 Å². The number of aryl methyl sites for hydroxylation is 1. The van der Waals surface area contributed by atoms with E-state index in [1.165, 1.54) is 24.0 Å². The van der Waals surface area contributed by atoms with Crippen molar-refractivity contribution >= 4 is 5.97 Å². The highest BCUT2D eigenvalue weighted by molar-refractivity contribution is 5.74. The Morgan fingerprint density at radius 2 is 2.16 bits per heavy atom. The van der Waals surface area contributed by atoms with Crippen LogP contribution in [-0.2, 0) is 11.3 Å². The summed E-state index contributed by atoms with van der Waals surface area (Å²) in [4.78, 5) is 13.8. The highest BCUT2D eigenvalue weighted by atomic mass is 16.4. The lowest BCUT2D eigenvalue weighted by Crippen LogP contribution is -2.39. The molecular weight excluding hydrogens is 238 g/mol. The maximum atomic E-state index is 11.6. The van der Waals surface area contributed by atoms with Gasteiger partial charge >= 0.3 is 5.97 Å². The lowest BCUT2D eigenvalue weighted by molar-refractivity contribution is -0.143. The zero-order valence-electron chi connectivity index (χ0n) is 11.4. The third-order valence-corrected chi connectivity index (χ3v) is 4.87. The zero-order chi connectivity index (χ0) is 13.4. The second kappa shape index (κ2) is 4.97. The molecule has 1 aliphatic carbocycles. The molecule has 0 amide bonds. The highest BCUT2D eigenvalue weighted by Crippen LogP contribution is 2.42. The van der Waals surface area contributed by atoms with Crippen LogP contribution < -0.4 is 0 Å². The first-order chi connectivity index (χ1) is 9.16. The Bertz CT molecular complexity index is 485. The monoisotopic (exact) mass is 259 g/mol. The Balaban J connectivity index is 1.81. The lowest BCUT2D eigenvalue weighted by atomic mass is 9.94. The van der Waals surface area contributed by atoms with Crippen LogP contribution in [0.15, 0.2) is 24.3 Å². The minimum Gasteiger partial charge on any atom is -0.480 e. The van der Waals surface area contributed by atoms with Crippen molar-refractivity contribution in [2.75, 3.05) is 6.54 Å². The minimum absolute atomic E-state index is 0.271. The predicted octanol–water partition coefficient (Wildman–Crippen LogP) is 2.68. The predicted molar refractivity (Wildman–Crippen MR) is 73.8 cm³/mol. The molecule has 1 aromatic carbocycles. The number of carboxylic acid groups (broad SMARTS) is 1. The molecule has 1 aromatic rings. The summed E-state index contributed by atoms with van der Waals surface area (Å²) in [7, 11) is 0. The van der Waals surface area contributed by atoms with Gasteiger partial charge in [-0.3, -0.25) is 9.69 Å². The van der Waals surface area contributed by atoms with Crippen molar-refractivity contribution in [2.24, 2.45) is 11.8 Å². The van der Waals surface area contributed by atoms with E-state index in [0.29, 0.717) is 11.8 Å². The number of hydrogen-bond acceptors (Lipinski definition) is 2. The topological polar surface area (TPSA) is 40.5 Å². The highest BCUT2D eigenvalue weighted by Gasteiger charge is 2.47. The summed E-state index contributed by atoms with van der Waals surface area (Å²) in [5, 5.41) is 9.54. The maximum absolute atomic E-state index is 11.6. The fraction of sp³-hybridized carbons (Fsp3) is 0.562. The van der Waals surface area contributed by atoms with Crippen molar-refractivity contribution in [2.45, 2.75) is 38.8 Å². The van der Waals surface area contributed by atoms with Crippen LogP contribution in [0, 0.1) is 18.8 Å². The largest absolute Gasteiger partial charge is 0.480 e. The maximum Gasteiger partial charge on any atom is 0.321 e. The van der Waals surface area contributed by atoms with Gasteiger partial charge in [-0.2, -0.15) is 0 Å². The van der Waals surface area contributed by atoms with Crippen LogP contribution in [0.2, 0.25) is 0 Å². The van der Waals surface area contributed by atoms with E-state index in [1.54, 1.807) is 0 Å². The van der Waals surface area contributed by atoms with E-state index < -0.39 is 5.97 Å². The zero-order valence-corrected chi connectivity index (χ0v) is 11.4. The van der Waals surface area contributed by atoms with Gasteiger partial charge in [0.1, 0.15) is 6.04 Å². The van der Waals surface area contributed by atoms with Crippen molar-refractivity contribution in [1.82, 2.24) is 4.90 Å². The number of carbonyl (C=O) groups is 1. The van der Waals surface area contributed by atoms with Crippen LogP contribution in [-0.4, -0.2) is 28.6 Å². The van der Waals surface area contributed by atoms with Crippen molar-refractivity contribution in [3.8, 4) is 0 Å². The van der Waals surface area contributed by atoms with Crippen LogP contribution in [0.1, 0.15) is 30.4 Å². The fourth-order valence-electron chi connectivity index (χ4n) is 3.90. The molecule has 19 heavy (non-hydrogen) atoms. The molecule has 0 radical (unpaired) electrons. The number of carboxylic acids is 1. The first-order valence-corrected chi connectivity index (χ1v) is 7.18. The van der Waals surface area contributed by atoms with Crippen LogP contribution in [0.4, 0.5) is 0 Å². The minimum atomic E-state index is -0.636. The van der Waals surface area contributed by atoms with Crippen LogP contribution in [0.3, 0.4) is 0 Å². The molecule has 1 N–H and O–H groups in total. The second-order valence-electron chi connectivity index (χ2n) is 5.99. The van der Waals surface area contributed by atoms with Gasteiger partial charge in [0.25, 0.3) is 0 Å². The molecule has 3 rings (SSSR count). The van der Waals surface area contributed by atoms with Gasteiger partial charge in [0.15, 0.2) is 0 Å². The standard InChI is InChI=1S/C16H21NO2/c1-11-5-2-3-6-12(11)9-17-10-13-7-4-8-14(13)15(17)16(18)19/h2-3,5-6,13-15H,4,7-10H2,1H3,(H,18,19). The summed E-state index contributed by atoms with van der Waals surface area (Å²) >= 11 is 0. The molecule has 1 aliphatic heterocycles. The molecule has 2 fully saturated rings. The van der Waals surface area contributed by atoms with E-state index in [4.69, 9.17) is 0 Å². The normalized spacial score (nSPS) is 30.5. The molecule has 102 valence electrons. The Labute approximate surface area is 114 Å². The van der Waals surface area contributed by atoms with Crippen molar-refractivity contribution in [1.29, 1.82) is 0 Å². The van der Waals surface area contributed by atoms with Crippen LogP contribution in [0.25, 0.3) is 0 Å². The van der Waals surface area contributed by atoms with Gasteiger partial charge in [-0.05, 0) is 42.7 Å². The Kier molecular flexibility index (Phi) is 3.31. The number of aliphatic carboxylic acids is 1. The summed E-state index contributed by atoms with van der Waals surface area (Å²) < 4.78 is 0. The molecular formula is C16H21NO2. The molecule has 1 saturated carbocycles. The van der Waals surface area contributed by atoms with Crippen LogP contribution >= 0.6 is 0 Å². The van der Waals surface area contributed by atoms with Crippen molar-refractivity contribution in [3.05, 3.63) is 35.4 Å². The first-order valence-electron chi connectivity index (χ1n) is 7.18. The van der Waals surface area contributed by atoms with E-state index in [0.717, 1.165) is 19.5 Å². The number of hydrogen-bond donors (Lipinski definition) is 1. The van der Waals surface area contributed by atoms with Gasteiger partial charge in [0.2, 0.25) is 0 Å². The van der Waals surface area contributed by atoms with E-state index in [1.807, 2.05) is 12.1 Å². The fourth-order valence-corrected chi connectivity index (χ4v) is 3.90. The summed E-state index contributed by atoms with van der Waals surface area (Å²) in [6.07, 6.45) is 3.50. The summed E-state index contributed by atoms with van der Waals surface area (Å²) in [6.45, 7) is 3.83. The van der Waals surface area contributed by atoms with E-state index in [2.05, 4.69) is 24.0 Å². The number of fused-ring (bicyclic) bond motifs is 1. The van der Waals surface area contributed by atoms with E-state index in [-0.39, 0.29) is 6.04 Å². The quantitative estimate of drug-likeness (QED) is 0.907. The van der Waals surface area contributed by atoms with Crippen LogP contribution in [0.5, 0.6) is 0 Å². The van der Waals surface area contributed by atoms with Gasteiger partial charge in [-0.15, -0.1) is 0 Å².